The van der Waals surface area contributed by atoms with Gasteiger partial charge >= 0.3 is 0 Å². The van der Waals surface area contributed by atoms with Crippen LogP contribution in [0.3, 0.4) is 0 Å². The highest BCUT2D eigenvalue weighted by Gasteiger charge is 2.25. The highest BCUT2D eigenvalue weighted by atomic mass is 19.3. The minimum atomic E-state index is -2.34. The van der Waals surface area contributed by atoms with Crippen LogP contribution in [0.2, 0.25) is 0 Å². The predicted octanol–water partition coefficient (Wildman–Crippen LogP) is 1.81. The predicted molar refractivity (Wildman–Crippen MR) is 97.6 cm³/mol. The summed E-state index contributed by atoms with van der Waals surface area (Å²) in [6.45, 7) is -0.286. The molecule has 0 aliphatic heterocycles. The van der Waals surface area contributed by atoms with Crippen LogP contribution in [-0.4, -0.2) is 55.1 Å². The van der Waals surface area contributed by atoms with Gasteiger partial charge in [-0.3, -0.25) is 9.36 Å². The fraction of sp³-hybridized carbons (Fsp3) is 0.444. The third-order valence-electron chi connectivity index (χ3n) is 4.95. The van der Waals surface area contributed by atoms with Crippen LogP contribution in [0.1, 0.15) is 36.2 Å². The van der Waals surface area contributed by atoms with Crippen LogP contribution in [-0.2, 0) is 0 Å². The molecule has 0 aromatic carbocycles. The number of carbonyl (C=O) groups excluding carboxylic acids is 1. The highest BCUT2D eigenvalue weighted by molar-refractivity contribution is 5.99. The standard InChI is InChI=1S/C18H21F2N7O/c19-15(20)10-22-12-3-5-13(6-4-12)23-17(28)16-14-2-1-8-27(14)25-18(24-16)26-9-7-21-11-26/h1-2,7-9,11-13,15,22H,3-6,10H2,(H,23,28). The summed E-state index contributed by atoms with van der Waals surface area (Å²) < 4.78 is 27.9. The van der Waals surface area contributed by atoms with Gasteiger partial charge in [0.2, 0.25) is 0 Å². The summed E-state index contributed by atoms with van der Waals surface area (Å²) in [4.78, 5) is 21.3. The van der Waals surface area contributed by atoms with Gasteiger partial charge in [0.15, 0.2) is 5.69 Å². The first-order valence-electron chi connectivity index (χ1n) is 9.26. The van der Waals surface area contributed by atoms with Crippen molar-refractivity contribution in [1.29, 1.82) is 0 Å². The quantitative estimate of drug-likeness (QED) is 0.671. The molecule has 8 nitrogen and oxygen atoms in total. The van der Waals surface area contributed by atoms with Crippen LogP contribution in [0.25, 0.3) is 11.5 Å². The van der Waals surface area contributed by atoms with Gasteiger partial charge in [-0.1, -0.05) is 0 Å². The Morgan fingerprint density at radius 3 is 2.71 bits per heavy atom. The minimum absolute atomic E-state index is 0.00114. The van der Waals surface area contributed by atoms with E-state index in [2.05, 4.69) is 25.7 Å². The number of carbonyl (C=O) groups is 1. The number of alkyl halides is 2. The van der Waals surface area contributed by atoms with E-state index in [-0.39, 0.29) is 24.5 Å². The van der Waals surface area contributed by atoms with Gasteiger partial charge in [-0.2, -0.15) is 0 Å². The van der Waals surface area contributed by atoms with Gasteiger partial charge in [-0.05, 0) is 37.8 Å². The van der Waals surface area contributed by atoms with Crippen molar-refractivity contribution in [3.63, 3.8) is 0 Å². The number of aromatic nitrogens is 5. The molecule has 28 heavy (non-hydrogen) atoms. The largest absolute Gasteiger partial charge is 0.348 e. The van der Waals surface area contributed by atoms with Crippen molar-refractivity contribution in [2.24, 2.45) is 0 Å². The summed E-state index contributed by atoms with van der Waals surface area (Å²) in [6, 6.07) is 3.67. The van der Waals surface area contributed by atoms with Crippen LogP contribution >= 0.6 is 0 Å². The number of hydrogen-bond donors (Lipinski definition) is 2. The van der Waals surface area contributed by atoms with Crippen LogP contribution in [0.15, 0.2) is 37.1 Å². The SMILES string of the molecule is O=C(NC1CCC(NCC(F)F)CC1)c1nc(-n2ccnc2)nn2cccc12. The minimum Gasteiger partial charge on any atom is -0.348 e. The first-order valence-corrected chi connectivity index (χ1v) is 9.26. The van der Waals surface area contributed by atoms with Crippen molar-refractivity contribution in [3.8, 4) is 5.95 Å². The van der Waals surface area contributed by atoms with E-state index in [0.29, 0.717) is 17.2 Å². The molecule has 0 spiro atoms. The third-order valence-corrected chi connectivity index (χ3v) is 4.95. The molecule has 1 aliphatic rings. The Morgan fingerprint density at radius 2 is 2.00 bits per heavy atom. The first kappa shape index (κ1) is 18.5. The first-order chi connectivity index (χ1) is 13.6. The van der Waals surface area contributed by atoms with Gasteiger partial charge in [0.25, 0.3) is 18.3 Å². The van der Waals surface area contributed by atoms with E-state index in [4.69, 9.17) is 0 Å². The van der Waals surface area contributed by atoms with Gasteiger partial charge < -0.3 is 10.6 Å². The van der Waals surface area contributed by atoms with E-state index in [1.807, 2.05) is 0 Å². The number of imidazole rings is 1. The average molecular weight is 389 g/mol. The lowest BCUT2D eigenvalue weighted by atomic mass is 9.91. The van der Waals surface area contributed by atoms with E-state index in [0.717, 1.165) is 25.7 Å². The van der Waals surface area contributed by atoms with E-state index in [1.165, 1.54) is 0 Å². The molecule has 3 heterocycles. The van der Waals surface area contributed by atoms with Crippen LogP contribution < -0.4 is 10.6 Å². The van der Waals surface area contributed by atoms with Crippen LogP contribution in [0.5, 0.6) is 0 Å². The number of nitrogens with zero attached hydrogens (tertiary/aromatic N) is 5. The van der Waals surface area contributed by atoms with Crippen LogP contribution in [0, 0.1) is 0 Å². The lowest BCUT2D eigenvalue weighted by molar-refractivity contribution is 0.0918. The summed E-state index contributed by atoms with van der Waals surface area (Å²) in [5.41, 5.74) is 0.912. The second-order valence-corrected chi connectivity index (χ2v) is 6.89. The van der Waals surface area contributed by atoms with Crippen molar-refractivity contribution < 1.29 is 13.6 Å². The zero-order valence-corrected chi connectivity index (χ0v) is 15.1. The lowest BCUT2D eigenvalue weighted by Crippen LogP contribution is -2.43. The number of amides is 1. The molecule has 0 radical (unpaired) electrons. The maximum atomic E-state index is 12.9. The van der Waals surface area contributed by atoms with E-state index < -0.39 is 6.43 Å². The molecule has 0 unspecified atom stereocenters. The van der Waals surface area contributed by atoms with Crippen molar-refractivity contribution in [2.75, 3.05) is 6.54 Å². The smallest absolute Gasteiger partial charge is 0.272 e. The number of hydrogen-bond acceptors (Lipinski definition) is 5. The monoisotopic (exact) mass is 389 g/mol. The summed E-state index contributed by atoms with van der Waals surface area (Å²) in [6.07, 6.45) is 7.29. The highest BCUT2D eigenvalue weighted by Crippen LogP contribution is 2.20. The van der Waals surface area contributed by atoms with E-state index in [1.54, 1.807) is 46.1 Å². The topological polar surface area (TPSA) is 89.1 Å². The normalized spacial score (nSPS) is 20.0. The Morgan fingerprint density at radius 1 is 1.21 bits per heavy atom. The zero-order chi connectivity index (χ0) is 19.5. The molecule has 3 aromatic heterocycles. The summed E-state index contributed by atoms with van der Waals surface area (Å²) >= 11 is 0. The van der Waals surface area contributed by atoms with Crippen molar-refractivity contribution >= 4 is 11.4 Å². The molecule has 1 fully saturated rings. The average Bonchev–Trinajstić information content (AvgIpc) is 3.38. The van der Waals surface area contributed by atoms with Gasteiger partial charge in [0, 0.05) is 30.7 Å². The van der Waals surface area contributed by atoms with E-state index in [9.17, 15) is 13.6 Å². The summed E-state index contributed by atoms with van der Waals surface area (Å²) in [5, 5.41) is 10.3. The molecule has 4 rings (SSSR count). The maximum absolute atomic E-state index is 12.9. The molecular weight excluding hydrogens is 368 g/mol. The number of rotatable bonds is 6. The fourth-order valence-electron chi connectivity index (χ4n) is 3.53. The molecule has 2 N–H and O–H groups in total. The molecule has 1 aliphatic carbocycles. The number of nitrogens with one attached hydrogen (secondary N) is 2. The van der Waals surface area contributed by atoms with Gasteiger partial charge in [-0.15, -0.1) is 5.10 Å². The lowest BCUT2D eigenvalue weighted by Gasteiger charge is -2.29. The molecule has 1 saturated carbocycles. The molecule has 10 heteroatoms. The molecule has 1 amide bonds. The maximum Gasteiger partial charge on any atom is 0.272 e. The molecule has 0 bridgehead atoms. The van der Waals surface area contributed by atoms with E-state index >= 15 is 0 Å². The Hall–Kier alpha value is -2.88. The second-order valence-electron chi connectivity index (χ2n) is 6.89. The third kappa shape index (κ3) is 4.01. The van der Waals surface area contributed by atoms with Crippen molar-refractivity contribution in [1.82, 2.24) is 34.8 Å². The molecule has 0 atom stereocenters. The summed E-state index contributed by atoms with van der Waals surface area (Å²) in [7, 11) is 0. The molecular formula is C18H21F2N7O. The molecule has 0 saturated heterocycles. The number of halogens is 2. The fourth-order valence-corrected chi connectivity index (χ4v) is 3.53. The Labute approximate surface area is 160 Å². The molecule has 148 valence electrons. The molecule has 3 aromatic rings. The Bertz CT molecular complexity index is 933. The van der Waals surface area contributed by atoms with Gasteiger partial charge in [0.05, 0.1) is 12.1 Å². The van der Waals surface area contributed by atoms with Crippen molar-refractivity contribution in [3.05, 3.63) is 42.7 Å². The number of fused-ring (bicyclic) bond motifs is 1. The van der Waals surface area contributed by atoms with Gasteiger partial charge in [-0.25, -0.2) is 23.3 Å². The second kappa shape index (κ2) is 8.01. The van der Waals surface area contributed by atoms with Crippen LogP contribution in [0.4, 0.5) is 8.78 Å². The Balaban J connectivity index is 1.45. The van der Waals surface area contributed by atoms with Gasteiger partial charge in [0.1, 0.15) is 6.33 Å². The zero-order valence-electron chi connectivity index (χ0n) is 15.1. The Kier molecular flexibility index (Phi) is 5.29. The van der Waals surface area contributed by atoms with Crippen molar-refractivity contribution in [2.45, 2.75) is 44.2 Å². The summed E-state index contributed by atoms with van der Waals surface area (Å²) in [5.74, 6) is 0.0858.